The maximum Gasteiger partial charge on any atom is 0.321 e. The summed E-state index contributed by atoms with van der Waals surface area (Å²) >= 11 is 1.02. The number of ether oxygens (including phenoxy) is 1. The van der Waals surface area contributed by atoms with Gasteiger partial charge in [-0.3, -0.25) is 10.1 Å². The van der Waals surface area contributed by atoms with Crippen LogP contribution in [0.4, 0.5) is 9.18 Å². The van der Waals surface area contributed by atoms with Crippen LogP contribution >= 0.6 is 11.8 Å². The zero-order chi connectivity index (χ0) is 19.9. The van der Waals surface area contributed by atoms with E-state index >= 15 is 0 Å². The second kappa shape index (κ2) is 9.54. The molecule has 2 N–H and O–H groups in total. The average Bonchev–Trinajstić information content (AvgIpc) is 3.33. The SMILES string of the molecule is C[C@H](Oc1ccc(F)cc1)c1nnc(SCC(=O)NC(=O)NC2CCCC2)o1. The normalized spacial score (nSPS) is 15.2. The number of carbonyl (C=O) groups excluding carboxylic acids is 2. The van der Waals surface area contributed by atoms with Gasteiger partial charge in [0.25, 0.3) is 11.1 Å². The van der Waals surface area contributed by atoms with Crippen molar-refractivity contribution in [2.24, 2.45) is 0 Å². The van der Waals surface area contributed by atoms with E-state index in [1.807, 2.05) is 0 Å². The van der Waals surface area contributed by atoms with Gasteiger partial charge in [-0.25, -0.2) is 9.18 Å². The molecular formula is C18H21FN4O4S. The van der Waals surface area contributed by atoms with Gasteiger partial charge >= 0.3 is 6.03 Å². The maximum atomic E-state index is 12.9. The van der Waals surface area contributed by atoms with Crippen LogP contribution in [-0.2, 0) is 4.79 Å². The Morgan fingerprint density at radius 3 is 2.71 bits per heavy atom. The lowest BCUT2D eigenvalue weighted by Crippen LogP contribution is -2.44. The molecule has 28 heavy (non-hydrogen) atoms. The van der Waals surface area contributed by atoms with Crippen LogP contribution in [0.5, 0.6) is 5.75 Å². The van der Waals surface area contributed by atoms with Gasteiger partial charge in [0.15, 0.2) is 6.10 Å². The molecular weight excluding hydrogens is 387 g/mol. The summed E-state index contributed by atoms with van der Waals surface area (Å²) in [6.45, 7) is 1.71. The van der Waals surface area contributed by atoms with E-state index in [0.717, 1.165) is 37.4 Å². The van der Waals surface area contributed by atoms with Crippen molar-refractivity contribution in [2.75, 3.05) is 5.75 Å². The number of urea groups is 1. The highest BCUT2D eigenvalue weighted by molar-refractivity contribution is 7.99. The Kier molecular flexibility index (Phi) is 6.85. The van der Waals surface area contributed by atoms with Crippen LogP contribution in [0, 0.1) is 5.82 Å². The Hall–Kier alpha value is -2.62. The van der Waals surface area contributed by atoms with Crippen molar-refractivity contribution in [3.05, 3.63) is 36.0 Å². The quantitative estimate of drug-likeness (QED) is 0.678. The molecule has 0 bridgehead atoms. The number of hydrogen-bond donors (Lipinski definition) is 2. The molecule has 1 aromatic carbocycles. The fraction of sp³-hybridized carbons (Fsp3) is 0.444. The number of carbonyl (C=O) groups is 2. The van der Waals surface area contributed by atoms with E-state index in [1.54, 1.807) is 6.92 Å². The van der Waals surface area contributed by atoms with E-state index in [1.165, 1.54) is 24.3 Å². The minimum absolute atomic E-state index is 0.0348. The van der Waals surface area contributed by atoms with Gasteiger partial charge < -0.3 is 14.5 Å². The molecule has 3 rings (SSSR count). The van der Waals surface area contributed by atoms with Crippen molar-refractivity contribution >= 4 is 23.7 Å². The highest BCUT2D eigenvalue weighted by Gasteiger charge is 2.19. The predicted octanol–water partition coefficient (Wildman–Crippen LogP) is 3.21. The standard InChI is InChI=1S/C18H21FN4O4S/c1-11(26-14-8-6-12(19)7-9-14)16-22-23-18(27-16)28-10-15(24)21-17(25)20-13-4-2-3-5-13/h6-9,11,13H,2-5,10H2,1H3,(H2,20,21,24,25)/t11-/m0/s1. The number of nitrogens with zero attached hydrogens (tertiary/aromatic N) is 2. The summed E-state index contributed by atoms with van der Waals surface area (Å²) in [4.78, 5) is 23.6. The van der Waals surface area contributed by atoms with Gasteiger partial charge in [0.05, 0.1) is 5.75 Å². The highest BCUT2D eigenvalue weighted by atomic mass is 32.2. The summed E-state index contributed by atoms with van der Waals surface area (Å²) in [5, 5.41) is 13.0. The van der Waals surface area contributed by atoms with Gasteiger partial charge in [-0.05, 0) is 44.0 Å². The topological polar surface area (TPSA) is 106 Å². The van der Waals surface area contributed by atoms with E-state index in [4.69, 9.17) is 9.15 Å². The van der Waals surface area contributed by atoms with Crippen LogP contribution in [-0.4, -0.2) is 33.9 Å². The molecule has 0 spiro atoms. The molecule has 8 nitrogen and oxygen atoms in total. The Labute approximate surface area is 165 Å². The number of nitrogens with one attached hydrogen (secondary N) is 2. The summed E-state index contributed by atoms with van der Waals surface area (Å²) in [7, 11) is 0. The maximum absolute atomic E-state index is 12.9. The lowest BCUT2D eigenvalue weighted by atomic mass is 10.2. The van der Waals surface area contributed by atoms with Crippen molar-refractivity contribution in [3.8, 4) is 5.75 Å². The zero-order valence-corrected chi connectivity index (χ0v) is 16.1. The summed E-state index contributed by atoms with van der Waals surface area (Å²) < 4.78 is 24.0. The van der Waals surface area contributed by atoms with Gasteiger partial charge in [-0.2, -0.15) is 0 Å². The number of hydrogen-bond acceptors (Lipinski definition) is 7. The van der Waals surface area contributed by atoms with Crippen LogP contribution in [0.1, 0.15) is 44.6 Å². The number of aromatic nitrogens is 2. The highest BCUT2D eigenvalue weighted by Crippen LogP contribution is 2.24. The second-order valence-corrected chi connectivity index (χ2v) is 7.34. The minimum atomic E-state index is -0.543. The van der Waals surface area contributed by atoms with E-state index in [2.05, 4.69) is 20.8 Å². The second-order valence-electron chi connectivity index (χ2n) is 6.41. The number of amides is 3. The number of imide groups is 1. The van der Waals surface area contributed by atoms with E-state index in [-0.39, 0.29) is 28.7 Å². The van der Waals surface area contributed by atoms with Gasteiger partial charge in [-0.15, -0.1) is 10.2 Å². The van der Waals surface area contributed by atoms with Gasteiger partial charge in [0, 0.05) is 6.04 Å². The first-order valence-corrected chi connectivity index (χ1v) is 9.97. The van der Waals surface area contributed by atoms with Crippen LogP contribution < -0.4 is 15.4 Å². The molecule has 1 atom stereocenters. The van der Waals surface area contributed by atoms with Crippen LogP contribution in [0.2, 0.25) is 0 Å². The Morgan fingerprint density at radius 2 is 2.00 bits per heavy atom. The minimum Gasteiger partial charge on any atom is -0.481 e. The molecule has 0 unspecified atom stereocenters. The number of rotatable bonds is 7. The van der Waals surface area contributed by atoms with Gasteiger partial charge in [0.1, 0.15) is 11.6 Å². The van der Waals surface area contributed by atoms with E-state index in [9.17, 15) is 14.0 Å². The number of thioether (sulfide) groups is 1. The molecule has 150 valence electrons. The predicted molar refractivity (Wildman–Crippen MR) is 99.4 cm³/mol. The van der Waals surface area contributed by atoms with Crippen molar-refractivity contribution in [2.45, 2.75) is 50.0 Å². The molecule has 1 aliphatic rings. The molecule has 1 saturated carbocycles. The fourth-order valence-corrected chi connectivity index (χ4v) is 3.36. The molecule has 1 heterocycles. The Bertz CT molecular complexity index is 808. The lowest BCUT2D eigenvalue weighted by Gasteiger charge is -2.11. The van der Waals surface area contributed by atoms with Crippen LogP contribution in [0.15, 0.2) is 33.9 Å². The molecule has 1 fully saturated rings. The number of benzene rings is 1. The average molecular weight is 408 g/mol. The molecule has 0 radical (unpaired) electrons. The van der Waals surface area contributed by atoms with Crippen molar-refractivity contribution in [1.29, 1.82) is 0 Å². The summed E-state index contributed by atoms with van der Waals surface area (Å²) in [5.74, 6) is -0.143. The lowest BCUT2D eigenvalue weighted by molar-refractivity contribution is -0.117. The number of halogens is 1. The third-order valence-corrected chi connectivity index (χ3v) is 4.98. The molecule has 2 aromatic rings. The summed E-state index contributed by atoms with van der Waals surface area (Å²) in [6, 6.07) is 5.24. The van der Waals surface area contributed by atoms with Crippen molar-refractivity contribution in [1.82, 2.24) is 20.8 Å². The smallest absolute Gasteiger partial charge is 0.321 e. The van der Waals surface area contributed by atoms with Gasteiger partial charge in [0.2, 0.25) is 5.91 Å². The van der Waals surface area contributed by atoms with Crippen LogP contribution in [0.25, 0.3) is 0 Å². The molecule has 1 aliphatic carbocycles. The van der Waals surface area contributed by atoms with Gasteiger partial charge in [-0.1, -0.05) is 24.6 Å². The first-order valence-electron chi connectivity index (χ1n) is 8.98. The van der Waals surface area contributed by atoms with E-state index < -0.39 is 18.0 Å². The Morgan fingerprint density at radius 1 is 1.29 bits per heavy atom. The largest absolute Gasteiger partial charge is 0.481 e. The fourth-order valence-electron chi connectivity index (χ4n) is 2.79. The monoisotopic (exact) mass is 408 g/mol. The third kappa shape index (κ3) is 5.95. The molecule has 10 heteroatoms. The van der Waals surface area contributed by atoms with Crippen molar-refractivity contribution in [3.63, 3.8) is 0 Å². The molecule has 0 saturated heterocycles. The van der Waals surface area contributed by atoms with Crippen molar-refractivity contribution < 1.29 is 23.1 Å². The molecule has 0 aliphatic heterocycles. The zero-order valence-electron chi connectivity index (χ0n) is 15.3. The summed E-state index contributed by atoms with van der Waals surface area (Å²) in [5.41, 5.74) is 0. The first-order chi connectivity index (χ1) is 13.5. The summed E-state index contributed by atoms with van der Waals surface area (Å²) in [6.07, 6.45) is 3.53. The first kappa shape index (κ1) is 20.1. The molecule has 1 aromatic heterocycles. The van der Waals surface area contributed by atoms with Crippen LogP contribution in [0.3, 0.4) is 0 Å². The molecule has 3 amide bonds. The Balaban J connectivity index is 1.42. The van der Waals surface area contributed by atoms with E-state index in [0.29, 0.717) is 5.75 Å². The third-order valence-electron chi connectivity index (χ3n) is 4.17.